The van der Waals surface area contributed by atoms with Gasteiger partial charge in [-0.15, -0.1) is 0 Å². The molecule has 0 aliphatic carbocycles. The first-order valence-electron chi connectivity index (χ1n) is 7.46. The van der Waals surface area contributed by atoms with E-state index in [1.54, 1.807) is 43.5 Å². The first kappa shape index (κ1) is 18.0. The zero-order valence-corrected chi connectivity index (χ0v) is 13.5. The third-order valence-electron chi connectivity index (χ3n) is 3.29. The molecule has 0 bridgehead atoms. The Morgan fingerprint density at radius 2 is 1.52 bits per heavy atom. The van der Waals surface area contributed by atoms with Crippen LogP contribution < -0.4 is 14.8 Å². The molecule has 0 heterocycles. The number of anilines is 1. The first-order valence-corrected chi connectivity index (χ1v) is 7.46. The number of benzene rings is 2. The predicted octanol–water partition coefficient (Wildman–Crippen LogP) is 3.35. The molecular weight excluding hydrogens is 326 g/mol. The van der Waals surface area contributed by atoms with Gasteiger partial charge in [0.1, 0.15) is 11.5 Å². The summed E-state index contributed by atoms with van der Waals surface area (Å²) >= 11 is 0. The molecule has 7 nitrogen and oxygen atoms in total. The minimum absolute atomic E-state index is 0.0678. The zero-order chi connectivity index (χ0) is 18.2. The van der Waals surface area contributed by atoms with Crippen molar-refractivity contribution in [3.63, 3.8) is 0 Å². The molecule has 0 fully saturated rings. The summed E-state index contributed by atoms with van der Waals surface area (Å²) in [5.74, 6) is -0.280. The fourth-order valence-corrected chi connectivity index (χ4v) is 2.00. The zero-order valence-electron chi connectivity index (χ0n) is 13.5. The van der Waals surface area contributed by atoms with Gasteiger partial charge in [0, 0.05) is 17.7 Å². The summed E-state index contributed by atoms with van der Waals surface area (Å²) in [4.78, 5) is 34.1. The van der Waals surface area contributed by atoms with Crippen molar-refractivity contribution in [3.05, 3.63) is 54.1 Å². The quantitative estimate of drug-likeness (QED) is 0.748. The summed E-state index contributed by atoms with van der Waals surface area (Å²) in [6, 6.07) is 12.7. The summed E-state index contributed by atoms with van der Waals surface area (Å²) in [6.45, 7) is 0. The Bertz CT molecular complexity index is 752. The molecule has 0 saturated heterocycles. The van der Waals surface area contributed by atoms with Crippen molar-refractivity contribution < 1.29 is 29.0 Å². The van der Waals surface area contributed by atoms with E-state index in [1.165, 1.54) is 12.1 Å². The van der Waals surface area contributed by atoms with Crippen LogP contribution in [0.25, 0.3) is 0 Å². The van der Waals surface area contributed by atoms with E-state index in [0.717, 1.165) is 0 Å². The lowest BCUT2D eigenvalue weighted by molar-refractivity contribution is -0.136. The molecule has 0 spiro atoms. The van der Waals surface area contributed by atoms with Gasteiger partial charge in [0.25, 0.3) is 0 Å². The monoisotopic (exact) mass is 343 g/mol. The van der Waals surface area contributed by atoms with Crippen LogP contribution in [0.15, 0.2) is 48.5 Å². The molecule has 2 aromatic rings. The molecular formula is C18H17NO6. The summed E-state index contributed by atoms with van der Waals surface area (Å²) in [5.41, 5.74) is 0.837. The third kappa shape index (κ3) is 5.65. The smallest absolute Gasteiger partial charge is 0.417 e. The van der Waals surface area contributed by atoms with Crippen molar-refractivity contribution in [1.29, 1.82) is 0 Å². The largest absolute Gasteiger partial charge is 0.497 e. The Balaban J connectivity index is 1.90. The lowest BCUT2D eigenvalue weighted by Crippen LogP contribution is -2.16. The number of hydrogen-bond donors (Lipinski definition) is 2. The molecule has 0 aliphatic rings. The number of ether oxygens (including phenoxy) is 2. The lowest BCUT2D eigenvalue weighted by Gasteiger charge is -2.08. The van der Waals surface area contributed by atoms with E-state index in [9.17, 15) is 14.4 Å². The van der Waals surface area contributed by atoms with Gasteiger partial charge < -0.3 is 14.6 Å². The Morgan fingerprint density at radius 3 is 2.08 bits per heavy atom. The van der Waals surface area contributed by atoms with Crippen LogP contribution in [0.1, 0.15) is 23.2 Å². The highest BCUT2D eigenvalue weighted by Gasteiger charge is 2.10. The Kier molecular flexibility index (Phi) is 6.11. The number of aliphatic carboxylic acids is 1. The average Bonchev–Trinajstić information content (AvgIpc) is 2.61. The number of Topliss-reactive ketones (excluding diaryl/α,β-unsaturated/α-hetero) is 1. The van der Waals surface area contributed by atoms with E-state index in [-0.39, 0.29) is 18.6 Å². The van der Waals surface area contributed by atoms with E-state index in [0.29, 0.717) is 22.7 Å². The number of carboxylic acid groups (broad SMARTS) is 1. The SMILES string of the molecule is COc1ccc(OC(=O)Nc2ccc(C(=O)CCC(=O)O)cc2)cc1. The maximum absolute atomic E-state index is 11.8. The molecule has 25 heavy (non-hydrogen) atoms. The van der Waals surface area contributed by atoms with Crippen molar-refractivity contribution >= 4 is 23.5 Å². The minimum atomic E-state index is -1.02. The normalized spacial score (nSPS) is 9.96. The third-order valence-corrected chi connectivity index (χ3v) is 3.29. The van der Waals surface area contributed by atoms with Crippen LogP contribution in [0.3, 0.4) is 0 Å². The van der Waals surface area contributed by atoms with Gasteiger partial charge in [-0.2, -0.15) is 0 Å². The van der Waals surface area contributed by atoms with Crippen molar-refractivity contribution in [3.8, 4) is 11.5 Å². The Morgan fingerprint density at radius 1 is 0.920 bits per heavy atom. The molecule has 0 radical (unpaired) electrons. The number of carbonyl (C=O) groups excluding carboxylic acids is 2. The molecule has 0 unspecified atom stereocenters. The van der Waals surface area contributed by atoms with Gasteiger partial charge in [0.2, 0.25) is 0 Å². The van der Waals surface area contributed by atoms with E-state index < -0.39 is 12.1 Å². The van der Waals surface area contributed by atoms with E-state index >= 15 is 0 Å². The highest BCUT2D eigenvalue weighted by molar-refractivity contribution is 5.98. The van der Waals surface area contributed by atoms with E-state index in [1.807, 2.05) is 0 Å². The van der Waals surface area contributed by atoms with Gasteiger partial charge in [-0.3, -0.25) is 14.9 Å². The average molecular weight is 343 g/mol. The molecule has 2 N–H and O–H groups in total. The van der Waals surface area contributed by atoms with Crippen molar-refractivity contribution in [2.75, 3.05) is 12.4 Å². The number of amides is 1. The molecule has 2 aromatic carbocycles. The summed E-state index contributed by atoms with van der Waals surface area (Å²) in [5, 5.41) is 11.1. The van der Waals surface area contributed by atoms with Crippen LogP contribution in [0.2, 0.25) is 0 Å². The number of carboxylic acids is 1. The second kappa shape index (κ2) is 8.49. The highest BCUT2D eigenvalue weighted by atomic mass is 16.6. The van der Waals surface area contributed by atoms with Crippen molar-refractivity contribution in [2.45, 2.75) is 12.8 Å². The van der Waals surface area contributed by atoms with Crippen LogP contribution in [-0.2, 0) is 4.79 Å². The molecule has 130 valence electrons. The maximum atomic E-state index is 11.8. The van der Waals surface area contributed by atoms with Crippen molar-refractivity contribution in [2.24, 2.45) is 0 Å². The topological polar surface area (TPSA) is 102 Å². The molecule has 0 saturated carbocycles. The Labute approximate surface area is 144 Å². The fraction of sp³-hybridized carbons (Fsp3) is 0.167. The van der Waals surface area contributed by atoms with Crippen LogP contribution in [0.5, 0.6) is 11.5 Å². The van der Waals surface area contributed by atoms with E-state index in [2.05, 4.69) is 5.32 Å². The number of ketones is 1. The molecule has 1 amide bonds. The number of hydrogen-bond acceptors (Lipinski definition) is 5. The number of nitrogens with one attached hydrogen (secondary N) is 1. The van der Waals surface area contributed by atoms with Crippen molar-refractivity contribution in [1.82, 2.24) is 0 Å². The lowest BCUT2D eigenvalue weighted by atomic mass is 10.1. The summed E-state index contributed by atoms with van der Waals surface area (Å²) < 4.78 is 10.1. The molecule has 7 heteroatoms. The first-order chi connectivity index (χ1) is 12.0. The van der Waals surface area contributed by atoms with Crippen LogP contribution in [0.4, 0.5) is 10.5 Å². The number of rotatable bonds is 7. The van der Waals surface area contributed by atoms with Gasteiger partial charge in [0.15, 0.2) is 5.78 Å². The van der Waals surface area contributed by atoms with Crippen LogP contribution in [0, 0.1) is 0 Å². The van der Waals surface area contributed by atoms with Gasteiger partial charge in [0.05, 0.1) is 13.5 Å². The fourth-order valence-electron chi connectivity index (χ4n) is 2.00. The highest BCUT2D eigenvalue weighted by Crippen LogP contribution is 2.18. The second-order valence-electron chi connectivity index (χ2n) is 5.08. The number of carbonyl (C=O) groups is 3. The molecule has 2 rings (SSSR count). The summed E-state index contributed by atoms with van der Waals surface area (Å²) in [6.07, 6.45) is -0.954. The molecule has 0 aliphatic heterocycles. The van der Waals surface area contributed by atoms with Crippen LogP contribution in [-0.4, -0.2) is 30.1 Å². The predicted molar refractivity (Wildman–Crippen MR) is 90.3 cm³/mol. The summed E-state index contributed by atoms with van der Waals surface area (Å²) in [7, 11) is 1.54. The van der Waals surface area contributed by atoms with Gasteiger partial charge in [-0.05, 0) is 48.5 Å². The molecule has 0 aromatic heterocycles. The van der Waals surface area contributed by atoms with Gasteiger partial charge in [-0.25, -0.2) is 4.79 Å². The maximum Gasteiger partial charge on any atom is 0.417 e. The van der Waals surface area contributed by atoms with Gasteiger partial charge >= 0.3 is 12.1 Å². The van der Waals surface area contributed by atoms with Crippen LogP contribution >= 0.6 is 0 Å². The standard InChI is InChI=1S/C18H17NO6/c1-24-14-6-8-15(9-7-14)25-18(23)19-13-4-2-12(3-5-13)16(20)10-11-17(21)22/h2-9H,10-11H2,1H3,(H,19,23)(H,21,22). The Hall–Kier alpha value is -3.35. The second-order valence-corrected chi connectivity index (χ2v) is 5.08. The van der Waals surface area contributed by atoms with E-state index in [4.69, 9.17) is 14.6 Å². The van der Waals surface area contributed by atoms with Gasteiger partial charge in [-0.1, -0.05) is 0 Å². The molecule has 0 atom stereocenters. The number of methoxy groups -OCH3 is 1. The minimum Gasteiger partial charge on any atom is -0.497 e.